The standard InChI is InChI=1S/C24H23F2N5O3S/c1-14-13-21(15(2)30(14)17-5-11-20(12-6-17)34-23(25)26)22(32)16(3)35-24-27-28-29-31(24)18-7-9-19(33-4)10-8-18/h5-13,16,23H,1-4H3. The van der Waals surface area contributed by atoms with Crippen molar-refractivity contribution in [2.75, 3.05) is 7.11 Å². The second-order valence-electron chi connectivity index (χ2n) is 7.69. The van der Waals surface area contributed by atoms with Crippen LogP contribution >= 0.6 is 11.8 Å². The van der Waals surface area contributed by atoms with Gasteiger partial charge in [0.1, 0.15) is 11.5 Å². The molecule has 35 heavy (non-hydrogen) atoms. The zero-order chi connectivity index (χ0) is 25.1. The zero-order valence-corrected chi connectivity index (χ0v) is 20.3. The lowest BCUT2D eigenvalue weighted by Gasteiger charge is -2.13. The van der Waals surface area contributed by atoms with E-state index < -0.39 is 11.9 Å². The van der Waals surface area contributed by atoms with Crippen LogP contribution in [0, 0.1) is 13.8 Å². The summed E-state index contributed by atoms with van der Waals surface area (Å²) in [6, 6.07) is 15.4. The lowest BCUT2D eigenvalue weighted by atomic mass is 10.1. The molecule has 8 nitrogen and oxygen atoms in total. The molecule has 2 aromatic heterocycles. The van der Waals surface area contributed by atoms with Gasteiger partial charge in [-0.3, -0.25) is 4.79 Å². The molecule has 0 saturated carbocycles. The van der Waals surface area contributed by atoms with Crippen LogP contribution in [0.3, 0.4) is 0 Å². The van der Waals surface area contributed by atoms with Crippen LogP contribution in [0.15, 0.2) is 59.8 Å². The first-order valence-electron chi connectivity index (χ1n) is 10.7. The molecule has 4 rings (SSSR count). The highest BCUT2D eigenvalue weighted by Crippen LogP contribution is 2.29. The van der Waals surface area contributed by atoms with E-state index in [2.05, 4.69) is 20.3 Å². The number of thioether (sulfide) groups is 1. The number of aryl methyl sites for hydroxylation is 1. The van der Waals surface area contributed by atoms with Crippen molar-refractivity contribution in [2.45, 2.75) is 37.8 Å². The number of hydrogen-bond acceptors (Lipinski definition) is 7. The fraction of sp³-hybridized carbons (Fsp3) is 0.250. The Balaban J connectivity index is 1.54. The van der Waals surface area contributed by atoms with Crippen LogP contribution < -0.4 is 9.47 Å². The number of rotatable bonds is 9. The molecule has 0 bridgehead atoms. The zero-order valence-electron chi connectivity index (χ0n) is 19.5. The number of ether oxygens (including phenoxy) is 2. The van der Waals surface area contributed by atoms with Gasteiger partial charge in [0, 0.05) is 22.6 Å². The molecule has 1 unspecified atom stereocenters. The lowest BCUT2D eigenvalue weighted by molar-refractivity contribution is -0.0498. The minimum absolute atomic E-state index is 0.0714. The van der Waals surface area contributed by atoms with Crippen LogP contribution in [0.1, 0.15) is 28.7 Å². The maximum absolute atomic E-state index is 13.4. The van der Waals surface area contributed by atoms with Gasteiger partial charge in [-0.2, -0.15) is 13.5 Å². The molecular formula is C24H23F2N5O3S. The third kappa shape index (κ3) is 5.19. The van der Waals surface area contributed by atoms with Gasteiger partial charge in [-0.1, -0.05) is 11.8 Å². The molecule has 11 heteroatoms. The van der Waals surface area contributed by atoms with Gasteiger partial charge in [0.2, 0.25) is 5.16 Å². The van der Waals surface area contributed by atoms with Crippen molar-refractivity contribution in [2.24, 2.45) is 0 Å². The number of benzene rings is 2. The molecule has 0 aliphatic heterocycles. The number of halogens is 2. The van der Waals surface area contributed by atoms with Crippen molar-refractivity contribution < 1.29 is 23.0 Å². The van der Waals surface area contributed by atoms with Crippen molar-refractivity contribution >= 4 is 17.5 Å². The Morgan fingerprint density at radius 3 is 2.26 bits per heavy atom. The van der Waals surface area contributed by atoms with Crippen LogP contribution in [0.2, 0.25) is 0 Å². The van der Waals surface area contributed by atoms with Crippen LogP contribution in [-0.2, 0) is 0 Å². The minimum atomic E-state index is -2.88. The number of nitrogens with zero attached hydrogens (tertiary/aromatic N) is 5. The van der Waals surface area contributed by atoms with Gasteiger partial charge in [-0.05, 0) is 85.8 Å². The average molecular weight is 500 g/mol. The first kappa shape index (κ1) is 24.4. The largest absolute Gasteiger partial charge is 0.497 e. The molecule has 0 saturated heterocycles. The van der Waals surface area contributed by atoms with Crippen molar-refractivity contribution in [3.8, 4) is 22.9 Å². The number of ketones is 1. The first-order chi connectivity index (χ1) is 16.8. The van der Waals surface area contributed by atoms with Crippen LogP contribution in [0.5, 0.6) is 11.5 Å². The summed E-state index contributed by atoms with van der Waals surface area (Å²) >= 11 is 1.26. The van der Waals surface area contributed by atoms with E-state index in [4.69, 9.17) is 4.74 Å². The molecule has 0 aliphatic rings. The third-order valence-corrected chi connectivity index (χ3v) is 6.46. The molecule has 2 aromatic carbocycles. The van der Waals surface area contributed by atoms with E-state index in [1.807, 2.05) is 43.5 Å². The van der Waals surface area contributed by atoms with E-state index in [9.17, 15) is 13.6 Å². The summed E-state index contributed by atoms with van der Waals surface area (Å²) in [5.41, 5.74) is 3.64. The predicted molar refractivity (Wildman–Crippen MR) is 127 cm³/mol. The van der Waals surface area contributed by atoms with Crippen LogP contribution in [-0.4, -0.2) is 49.5 Å². The highest BCUT2D eigenvalue weighted by Gasteiger charge is 2.24. The number of carbonyl (C=O) groups excluding carboxylic acids is 1. The first-order valence-corrected chi connectivity index (χ1v) is 11.5. The summed E-state index contributed by atoms with van der Waals surface area (Å²) in [7, 11) is 1.59. The fourth-order valence-corrected chi connectivity index (χ4v) is 4.63. The van der Waals surface area contributed by atoms with Gasteiger partial charge < -0.3 is 14.0 Å². The van der Waals surface area contributed by atoms with E-state index in [0.717, 1.165) is 22.8 Å². The predicted octanol–water partition coefficient (Wildman–Crippen LogP) is 5.04. The number of carbonyl (C=O) groups is 1. The Morgan fingerprint density at radius 1 is 1.00 bits per heavy atom. The maximum atomic E-state index is 13.4. The Kier molecular flexibility index (Phi) is 7.15. The molecule has 0 spiro atoms. The molecule has 182 valence electrons. The molecular weight excluding hydrogens is 476 g/mol. The molecule has 2 heterocycles. The molecule has 4 aromatic rings. The summed E-state index contributed by atoms with van der Waals surface area (Å²) in [5, 5.41) is 11.9. The molecule has 0 radical (unpaired) electrons. The van der Waals surface area contributed by atoms with Crippen molar-refractivity contribution in [1.82, 2.24) is 24.8 Å². The van der Waals surface area contributed by atoms with Gasteiger partial charge in [-0.15, -0.1) is 5.10 Å². The van der Waals surface area contributed by atoms with Crippen molar-refractivity contribution in [1.29, 1.82) is 0 Å². The van der Waals surface area contributed by atoms with Gasteiger partial charge in [0.05, 0.1) is 18.0 Å². The molecule has 0 N–H and O–H groups in total. The third-order valence-electron chi connectivity index (χ3n) is 5.43. The van der Waals surface area contributed by atoms with Gasteiger partial charge >= 0.3 is 6.61 Å². The quantitative estimate of drug-likeness (QED) is 0.236. The summed E-state index contributed by atoms with van der Waals surface area (Å²) in [6.45, 7) is 2.66. The Bertz CT molecular complexity index is 1320. The highest BCUT2D eigenvalue weighted by molar-refractivity contribution is 8.00. The number of Topliss-reactive ketones (excluding diaryl/α,β-unsaturated/α-hetero) is 1. The molecule has 1 atom stereocenters. The molecule has 0 fully saturated rings. The Morgan fingerprint density at radius 2 is 1.63 bits per heavy atom. The fourth-order valence-electron chi connectivity index (χ4n) is 3.75. The van der Waals surface area contributed by atoms with Gasteiger partial charge in [0.15, 0.2) is 5.78 Å². The topological polar surface area (TPSA) is 84.1 Å². The molecule has 0 aliphatic carbocycles. The number of hydrogen-bond donors (Lipinski definition) is 0. The lowest BCUT2D eigenvalue weighted by Crippen LogP contribution is -2.15. The smallest absolute Gasteiger partial charge is 0.387 e. The molecule has 0 amide bonds. The van der Waals surface area contributed by atoms with E-state index in [-0.39, 0.29) is 11.5 Å². The highest BCUT2D eigenvalue weighted by atomic mass is 32.2. The number of tetrazole rings is 1. The monoisotopic (exact) mass is 499 g/mol. The number of aromatic nitrogens is 5. The summed E-state index contributed by atoms with van der Waals surface area (Å²) in [4.78, 5) is 13.4. The average Bonchev–Trinajstić information content (AvgIpc) is 3.42. The van der Waals surface area contributed by atoms with E-state index >= 15 is 0 Å². The number of methoxy groups -OCH3 is 1. The summed E-state index contributed by atoms with van der Waals surface area (Å²) < 4.78 is 38.0. The van der Waals surface area contributed by atoms with Crippen LogP contribution in [0.25, 0.3) is 11.4 Å². The summed E-state index contributed by atoms with van der Waals surface area (Å²) in [6.07, 6.45) is 0. The Hall–Kier alpha value is -3.73. The van der Waals surface area contributed by atoms with E-state index in [1.165, 1.54) is 23.9 Å². The Labute approximate surface area is 204 Å². The van der Waals surface area contributed by atoms with Crippen LogP contribution in [0.4, 0.5) is 8.78 Å². The summed E-state index contributed by atoms with van der Waals surface area (Å²) in [5.74, 6) is 0.713. The van der Waals surface area contributed by atoms with Gasteiger partial charge in [0.25, 0.3) is 0 Å². The SMILES string of the molecule is COc1ccc(-n2nnnc2SC(C)C(=O)c2cc(C)n(-c3ccc(OC(F)F)cc3)c2C)cc1. The minimum Gasteiger partial charge on any atom is -0.497 e. The second-order valence-corrected chi connectivity index (χ2v) is 9.00. The van der Waals surface area contributed by atoms with Crippen molar-refractivity contribution in [3.63, 3.8) is 0 Å². The normalized spacial score (nSPS) is 12.1. The van der Waals surface area contributed by atoms with Crippen molar-refractivity contribution in [3.05, 3.63) is 71.5 Å². The second kappa shape index (κ2) is 10.3. The van der Waals surface area contributed by atoms with Gasteiger partial charge in [-0.25, -0.2) is 0 Å². The van der Waals surface area contributed by atoms with E-state index in [1.54, 1.807) is 36.1 Å². The van der Waals surface area contributed by atoms with E-state index in [0.29, 0.717) is 16.5 Å². The maximum Gasteiger partial charge on any atom is 0.387 e. The number of alkyl halides is 2.